The third-order valence-electron chi connectivity index (χ3n) is 3.65. The van der Waals surface area contributed by atoms with Gasteiger partial charge in [0, 0.05) is 37.7 Å². The van der Waals surface area contributed by atoms with E-state index in [9.17, 15) is 14.4 Å². The van der Waals surface area contributed by atoms with Gasteiger partial charge in [0.25, 0.3) is 5.56 Å². The number of nitrogens with one attached hydrogen (secondary N) is 1. The Bertz CT molecular complexity index is 566. The average Bonchev–Trinajstić information content (AvgIpc) is 2.51. The van der Waals surface area contributed by atoms with Crippen LogP contribution in [0.2, 0.25) is 0 Å². The Hall–Kier alpha value is -2.11. The van der Waals surface area contributed by atoms with Gasteiger partial charge in [0.2, 0.25) is 5.91 Å². The third kappa shape index (κ3) is 8.18. The molecule has 6 heteroatoms. The first-order valence-corrected chi connectivity index (χ1v) is 8.15. The Kier molecular flexibility index (Phi) is 8.72. The molecule has 0 atom stereocenters. The van der Waals surface area contributed by atoms with Crippen LogP contribution < -0.4 is 10.9 Å². The molecule has 1 aromatic heterocycles. The van der Waals surface area contributed by atoms with E-state index in [0.29, 0.717) is 25.9 Å². The van der Waals surface area contributed by atoms with E-state index in [4.69, 9.17) is 5.11 Å². The number of amides is 1. The molecule has 0 aromatic carbocycles. The number of nitrogens with zero attached hydrogens (tertiary/aromatic N) is 1. The van der Waals surface area contributed by atoms with Crippen molar-refractivity contribution in [1.82, 2.24) is 9.88 Å². The minimum atomic E-state index is -0.776. The monoisotopic (exact) mass is 322 g/mol. The van der Waals surface area contributed by atoms with Crippen LogP contribution in [0.4, 0.5) is 0 Å². The second-order valence-corrected chi connectivity index (χ2v) is 5.70. The minimum Gasteiger partial charge on any atom is -0.481 e. The molecule has 0 aliphatic rings. The summed E-state index contributed by atoms with van der Waals surface area (Å²) >= 11 is 0. The van der Waals surface area contributed by atoms with Crippen molar-refractivity contribution < 1.29 is 14.7 Å². The van der Waals surface area contributed by atoms with E-state index in [1.807, 2.05) is 6.07 Å². The number of hydrogen-bond acceptors (Lipinski definition) is 3. The summed E-state index contributed by atoms with van der Waals surface area (Å²) in [5.74, 6) is -0.762. The van der Waals surface area contributed by atoms with Gasteiger partial charge < -0.3 is 15.0 Å². The zero-order chi connectivity index (χ0) is 17.1. The number of aromatic nitrogens is 1. The molecule has 2 N–H and O–H groups in total. The number of unbranched alkanes of at least 4 members (excludes halogenated alkanes) is 3. The van der Waals surface area contributed by atoms with Crippen LogP contribution in [0.25, 0.3) is 0 Å². The average molecular weight is 322 g/mol. The van der Waals surface area contributed by atoms with Gasteiger partial charge in [0.05, 0.1) is 0 Å². The summed E-state index contributed by atoms with van der Waals surface area (Å²) in [6.07, 6.45) is 6.20. The number of carboxylic acid groups (broad SMARTS) is 1. The van der Waals surface area contributed by atoms with Crippen LogP contribution in [0.1, 0.15) is 50.5 Å². The lowest BCUT2D eigenvalue weighted by molar-refractivity contribution is -0.137. The van der Waals surface area contributed by atoms with Crippen molar-refractivity contribution in [3.8, 4) is 0 Å². The number of aliphatic carboxylic acids is 1. The number of aryl methyl sites for hydroxylation is 2. The summed E-state index contributed by atoms with van der Waals surface area (Å²) in [4.78, 5) is 33.8. The molecule has 1 amide bonds. The van der Waals surface area contributed by atoms with Gasteiger partial charge in [-0.05, 0) is 38.7 Å². The molecular weight excluding hydrogens is 296 g/mol. The molecule has 1 heterocycles. The molecule has 0 aliphatic heterocycles. The fraction of sp³-hybridized carbons (Fsp3) is 0.588. The smallest absolute Gasteiger partial charge is 0.303 e. The van der Waals surface area contributed by atoms with Crippen molar-refractivity contribution in [1.29, 1.82) is 0 Å². The quantitative estimate of drug-likeness (QED) is 0.611. The topological polar surface area (TPSA) is 88.4 Å². The highest BCUT2D eigenvalue weighted by Gasteiger charge is 2.03. The molecule has 0 bridgehead atoms. The number of rotatable bonds is 11. The SMILES string of the molecule is Cc1cccn(CCCCC(=O)NCCCCCC(=O)O)c1=O. The second kappa shape index (κ2) is 10.6. The van der Waals surface area contributed by atoms with Crippen LogP contribution >= 0.6 is 0 Å². The zero-order valence-electron chi connectivity index (χ0n) is 13.7. The van der Waals surface area contributed by atoms with E-state index >= 15 is 0 Å². The van der Waals surface area contributed by atoms with Gasteiger partial charge >= 0.3 is 5.97 Å². The summed E-state index contributed by atoms with van der Waals surface area (Å²) in [5, 5.41) is 11.3. The van der Waals surface area contributed by atoms with Gasteiger partial charge in [-0.3, -0.25) is 14.4 Å². The fourth-order valence-corrected chi connectivity index (χ4v) is 2.29. The molecule has 128 valence electrons. The summed E-state index contributed by atoms with van der Waals surface area (Å²) in [6.45, 7) is 3.02. The van der Waals surface area contributed by atoms with Crippen molar-refractivity contribution in [2.75, 3.05) is 6.54 Å². The number of carbonyl (C=O) groups excluding carboxylic acids is 1. The standard InChI is InChI=1S/C17H26N2O4/c1-14-8-7-13-19(17(14)23)12-6-4-9-15(20)18-11-5-2-3-10-16(21)22/h7-8,13H,2-6,9-12H2,1H3,(H,18,20)(H,21,22). The molecular formula is C17H26N2O4. The number of carboxylic acids is 1. The first kappa shape index (κ1) is 18.9. The molecule has 23 heavy (non-hydrogen) atoms. The van der Waals surface area contributed by atoms with Gasteiger partial charge in [-0.25, -0.2) is 0 Å². The van der Waals surface area contributed by atoms with Crippen LogP contribution in [-0.2, 0) is 16.1 Å². The van der Waals surface area contributed by atoms with Crippen LogP contribution in [0.5, 0.6) is 0 Å². The first-order chi connectivity index (χ1) is 11.0. The van der Waals surface area contributed by atoms with Crippen molar-refractivity contribution >= 4 is 11.9 Å². The normalized spacial score (nSPS) is 10.5. The van der Waals surface area contributed by atoms with Gasteiger partial charge in [0.1, 0.15) is 0 Å². The van der Waals surface area contributed by atoms with E-state index in [2.05, 4.69) is 5.32 Å². The van der Waals surface area contributed by atoms with E-state index < -0.39 is 5.97 Å². The number of carbonyl (C=O) groups is 2. The number of pyridine rings is 1. The summed E-state index contributed by atoms with van der Waals surface area (Å²) in [5.41, 5.74) is 0.756. The van der Waals surface area contributed by atoms with Gasteiger partial charge in [-0.1, -0.05) is 12.5 Å². The maximum atomic E-state index is 11.8. The minimum absolute atomic E-state index is 0.0137. The van der Waals surface area contributed by atoms with Crippen molar-refractivity contribution in [2.24, 2.45) is 0 Å². The van der Waals surface area contributed by atoms with E-state index in [1.165, 1.54) is 0 Å². The molecule has 0 saturated heterocycles. The Labute approximate surface area is 136 Å². The molecule has 1 rings (SSSR count). The maximum Gasteiger partial charge on any atom is 0.303 e. The lowest BCUT2D eigenvalue weighted by atomic mass is 10.2. The molecule has 0 unspecified atom stereocenters. The molecule has 0 fully saturated rings. The van der Waals surface area contributed by atoms with E-state index in [-0.39, 0.29) is 17.9 Å². The molecule has 1 aromatic rings. The van der Waals surface area contributed by atoms with Crippen LogP contribution in [0.15, 0.2) is 23.1 Å². The summed E-state index contributed by atoms with van der Waals surface area (Å²) in [7, 11) is 0. The van der Waals surface area contributed by atoms with Crippen molar-refractivity contribution in [2.45, 2.75) is 58.4 Å². The molecule has 0 spiro atoms. The Morgan fingerprint density at radius 3 is 2.61 bits per heavy atom. The highest BCUT2D eigenvalue weighted by molar-refractivity contribution is 5.75. The summed E-state index contributed by atoms with van der Waals surface area (Å²) < 4.78 is 1.68. The lowest BCUT2D eigenvalue weighted by Gasteiger charge is -2.07. The highest BCUT2D eigenvalue weighted by atomic mass is 16.4. The van der Waals surface area contributed by atoms with Gasteiger partial charge in [-0.2, -0.15) is 0 Å². The number of hydrogen-bond donors (Lipinski definition) is 2. The van der Waals surface area contributed by atoms with E-state index in [0.717, 1.165) is 31.2 Å². The molecule has 0 aliphatic carbocycles. The second-order valence-electron chi connectivity index (χ2n) is 5.70. The Morgan fingerprint density at radius 1 is 1.13 bits per heavy atom. The van der Waals surface area contributed by atoms with Crippen LogP contribution in [0, 0.1) is 6.92 Å². The lowest BCUT2D eigenvalue weighted by Crippen LogP contribution is -2.24. The largest absolute Gasteiger partial charge is 0.481 e. The third-order valence-corrected chi connectivity index (χ3v) is 3.65. The van der Waals surface area contributed by atoms with Crippen molar-refractivity contribution in [3.05, 3.63) is 34.2 Å². The predicted octanol–water partition coefficient (Wildman–Crippen LogP) is 2.09. The Morgan fingerprint density at radius 2 is 1.87 bits per heavy atom. The maximum absolute atomic E-state index is 11.8. The molecule has 0 radical (unpaired) electrons. The summed E-state index contributed by atoms with van der Waals surface area (Å²) in [6, 6.07) is 3.65. The predicted molar refractivity (Wildman–Crippen MR) is 88.4 cm³/mol. The highest BCUT2D eigenvalue weighted by Crippen LogP contribution is 2.01. The fourth-order valence-electron chi connectivity index (χ4n) is 2.29. The molecule has 6 nitrogen and oxygen atoms in total. The zero-order valence-corrected chi connectivity index (χ0v) is 13.7. The van der Waals surface area contributed by atoms with Gasteiger partial charge in [0.15, 0.2) is 0 Å². The van der Waals surface area contributed by atoms with Gasteiger partial charge in [-0.15, -0.1) is 0 Å². The molecule has 0 saturated carbocycles. The van der Waals surface area contributed by atoms with Crippen LogP contribution in [-0.4, -0.2) is 28.1 Å². The first-order valence-electron chi connectivity index (χ1n) is 8.15. The Balaban J connectivity index is 2.07. The van der Waals surface area contributed by atoms with E-state index in [1.54, 1.807) is 23.8 Å². The van der Waals surface area contributed by atoms with Crippen LogP contribution in [0.3, 0.4) is 0 Å². The van der Waals surface area contributed by atoms with Crippen molar-refractivity contribution in [3.63, 3.8) is 0 Å².